The SMILES string of the molecule is CC(C)COC(=O)[C@H]1CS[C@@H](C(C)C)N1C(=O)c1cccc([N+](=O)[O-])c1. The van der Waals surface area contributed by atoms with Crippen molar-refractivity contribution in [2.75, 3.05) is 12.4 Å². The largest absolute Gasteiger partial charge is 0.464 e. The van der Waals surface area contributed by atoms with Gasteiger partial charge in [0.05, 0.1) is 16.9 Å². The average molecular weight is 380 g/mol. The third-order valence-electron chi connectivity index (χ3n) is 3.97. The second-order valence-corrected chi connectivity index (χ2v) is 8.18. The second kappa shape index (κ2) is 8.53. The van der Waals surface area contributed by atoms with Crippen molar-refractivity contribution >= 4 is 29.3 Å². The lowest BCUT2D eigenvalue weighted by molar-refractivity contribution is -0.384. The zero-order valence-corrected chi connectivity index (χ0v) is 16.2. The van der Waals surface area contributed by atoms with Gasteiger partial charge in [-0.05, 0) is 17.9 Å². The van der Waals surface area contributed by atoms with E-state index in [1.165, 1.54) is 40.9 Å². The van der Waals surface area contributed by atoms with Crippen LogP contribution in [0.2, 0.25) is 0 Å². The molecule has 1 aromatic carbocycles. The van der Waals surface area contributed by atoms with Crippen molar-refractivity contribution in [2.24, 2.45) is 11.8 Å². The molecule has 0 spiro atoms. The molecule has 1 aliphatic heterocycles. The van der Waals surface area contributed by atoms with Crippen LogP contribution >= 0.6 is 11.8 Å². The van der Waals surface area contributed by atoms with Gasteiger partial charge in [-0.15, -0.1) is 11.8 Å². The number of rotatable bonds is 6. The molecule has 1 amide bonds. The predicted molar refractivity (Wildman–Crippen MR) is 99.9 cm³/mol. The first-order valence-electron chi connectivity index (χ1n) is 8.57. The van der Waals surface area contributed by atoms with E-state index in [0.29, 0.717) is 12.4 Å². The average Bonchev–Trinajstić information content (AvgIpc) is 3.04. The van der Waals surface area contributed by atoms with E-state index in [0.717, 1.165) is 0 Å². The number of hydrogen-bond acceptors (Lipinski definition) is 6. The molecule has 0 aromatic heterocycles. The molecule has 0 unspecified atom stereocenters. The molecule has 26 heavy (non-hydrogen) atoms. The Morgan fingerprint density at radius 2 is 2.04 bits per heavy atom. The standard InChI is InChI=1S/C18H24N2O5S/c1-11(2)9-25-18(22)15-10-26-17(12(3)4)19(15)16(21)13-6-5-7-14(8-13)20(23)24/h5-8,11-12,15,17H,9-10H2,1-4H3/t15-,17+/m1/s1. The molecule has 2 atom stereocenters. The summed E-state index contributed by atoms with van der Waals surface area (Å²) in [5.41, 5.74) is 0.0525. The molecule has 0 aliphatic carbocycles. The van der Waals surface area contributed by atoms with Gasteiger partial charge in [-0.3, -0.25) is 14.9 Å². The second-order valence-electron chi connectivity index (χ2n) is 7.03. The Balaban J connectivity index is 2.29. The van der Waals surface area contributed by atoms with Crippen molar-refractivity contribution in [3.63, 3.8) is 0 Å². The lowest BCUT2D eigenvalue weighted by atomic mass is 10.1. The van der Waals surface area contributed by atoms with E-state index in [2.05, 4.69) is 0 Å². The normalized spacial score (nSPS) is 19.8. The highest BCUT2D eigenvalue weighted by Gasteiger charge is 2.44. The van der Waals surface area contributed by atoms with Crippen LogP contribution in [0.15, 0.2) is 24.3 Å². The van der Waals surface area contributed by atoms with Crippen LogP contribution in [0.3, 0.4) is 0 Å². The minimum Gasteiger partial charge on any atom is -0.464 e. The summed E-state index contributed by atoms with van der Waals surface area (Å²) in [4.78, 5) is 37.6. The van der Waals surface area contributed by atoms with Gasteiger partial charge in [0.1, 0.15) is 6.04 Å². The lowest BCUT2D eigenvalue weighted by Gasteiger charge is -2.30. The van der Waals surface area contributed by atoms with Crippen molar-refractivity contribution in [3.05, 3.63) is 39.9 Å². The van der Waals surface area contributed by atoms with Crippen molar-refractivity contribution in [1.82, 2.24) is 4.90 Å². The van der Waals surface area contributed by atoms with Crippen molar-refractivity contribution in [1.29, 1.82) is 0 Å². The Bertz CT molecular complexity index is 692. The highest BCUT2D eigenvalue weighted by molar-refractivity contribution is 8.00. The van der Waals surface area contributed by atoms with Crippen LogP contribution in [0.5, 0.6) is 0 Å². The molecule has 1 fully saturated rings. The first kappa shape index (κ1) is 20.2. The van der Waals surface area contributed by atoms with E-state index in [-0.39, 0.29) is 34.4 Å². The predicted octanol–water partition coefficient (Wildman–Crippen LogP) is 3.33. The topological polar surface area (TPSA) is 89.8 Å². The molecule has 8 heteroatoms. The Labute approximate surface area is 157 Å². The number of carbonyl (C=O) groups excluding carboxylic acids is 2. The number of thioether (sulfide) groups is 1. The van der Waals surface area contributed by atoms with Crippen LogP contribution in [0.1, 0.15) is 38.1 Å². The number of carbonyl (C=O) groups is 2. The number of nitrogens with zero attached hydrogens (tertiary/aromatic N) is 2. The fourth-order valence-corrected chi connectivity index (χ4v) is 4.19. The maximum absolute atomic E-state index is 13.1. The first-order valence-corrected chi connectivity index (χ1v) is 9.62. The maximum Gasteiger partial charge on any atom is 0.329 e. The third-order valence-corrected chi connectivity index (χ3v) is 5.60. The van der Waals surface area contributed by atoms with Crippen molar-refractivity contribution in [3.8, 4) is 0 Å². The van der Waals surface area contributed by atoms with Gasteiger partial charge in [0.15, 0.2) is 0 Å². The Kier molecular flexibility index (Phi) is 6.63. The minimum atomic E-state index is -0.682. The number of nitro benzene ring substituents is 1. The number of esters is 1. The molecule has 1 aromatic rings. The summed E-state index contributed by atoms with van der Waals surface area (Å²) in [7, 11) is 0. The first-order chi connectivity index (χ1) is 12.2. The molecule has 0 bridgehead atoms. The molecule has 7 nitrogen and oxygen atoms in total. The maximum atomic E-state index is 13.1. The van der Waals surface area contributed by atoms with Crippen LogP contribution in [0.25, 0.3) is 0 Å². The van der Waals surface area contributed by atoms with E-state index in [9.17, 15) is 19.7 Å². The molecule has 0 N–H and O–H groups in total. The Morgan fingerprint density at radius 1 is 1.35 bits per heavy atom. The molecular formula is C18H24N2O5S. The highest BCUT2D eigenvalue weighted by atomic mass is 32.2. The van der Waals surface area contributed by atoms with Gasteiger partial charge in [0, 0.05) is 23.4 Å². The summed E-state index contributed by atoms with van der Waals surface area (Å²) in [6.07, 6.45) is 0. The number of benzene rings is 1. The summed E-state index contributed by atoms with van der Waals surface area (Å²) in [6.45, 7) is 8.14. The number of ether oxygens (including phenoxy) is 1. The molecule has 142 valence electrons. The fourth-order valence-electron chi connectivity index (χ4n) is 2.73. The van der Waals surface area contributed by atoms with E-state index < -0.39 is 16.9 Å². The molecule has 1 heterocycles. The van der Waals surface area contributed by atoms with Gasteiger partial charge in [0.25, 0.3) is 11.6 Å². The number of amides is 1. The Morgan fingerprint density at radius 3 is 2.62 bits per heavy atom. The van der Waals surface area contributed by atoms with Crippen LogP contribution in [-0.2, 0) is 9.53 Å². The van der Waals surface area contributed by atoms with Gasteiger partial charge >= 0.3 is 5.97 Å². The number of nitro groups is 1. The monoisotopic (exact) mass is 380 g/mol. The lowest BCUT2D eigenvalue weighted by Crippen LogP contribution is -2.48. The van der Waals surface area contributed by atoms with E-state index in [1.54, 1.807) is 0 Å². The van der Waals surface area contributed by atoms with Crippen LogP contribution in [0, 0.1) is 22.0 Å². The van der Waals surface area contributed by atoms with E-state index in [4.69, 9.17) is 4.74 Å². The smallest absolute Gasteiger partial charge is 0.329 e. The summed E-state index contributed by atoms with van der Waals surface area (Å²) in [5, 5.41) is 10.8. The zero-order chi connectivity index (χ0) is 19.4. The van der Waals surface area contributed by atoms with Crippen LogP contribution < -0.4 is 0 Å². The van der Waals surface area contributed by atoms with Gasteiger partial charge in [-0.25, -0.2) is 4.79 Å². The molecule has 0 radical (unpaired) electrons. The van der Waals surface area contributed by atoms with Gasteiger partial charge < -0.3 is 9.64 Å². The third kappa shape index (κ3) is 4.55. The summed E-state index contributed by atoms with van der Waals surface area (Å²) in [5.74, 6) is -0.0159. The zero-order valence-electron chi connectivity index (χ0n) is 15.4. The summed E-state index contributed by atoms with van der Waals surface area (Å²) >= 11 is 1.53. The van der Waals surface area contributed by atoms with E-state index in [1.807, 2.05) is 27.7 Å². The van der Waals surface area contributed by atoms with Crippen molar-refractivity contribution in [2.45, 2.75) is 39.1 Å². The quantitative estimate of drug-likeness (QED) is 0.427. The number of hydrogen-bond donors (Lipinski definition) is 0. The Hall–Kier alpha value is -2.09. The molecule has 2 rings (SSSR count). The molecule has 1 aliphatic rings. The van der Waals surface area contributed by atoms with Gasteiger partial charge in [-0.2, -0.15) is 0 Å². The van der Waals surface area contributed by atoms with Gasteiger partial charge in [-0.1, -0.05) is 33.8 Å². The van der Waals surface area contributed by atoms with Gasteiger partial charge in [0.2, 0.25) is 0 Å². The fraction of sp³-hybridized carbons (Fsp3) is 0.556. The number of non-ortho nitro benzene ring substituents is 1. The molecular weight excluding hydrogens is 356 g/mol. The molecule has 1 saturated heterocycles. The summed E-state index contributed by atoms with van der Waals surface area (Å²) < 4.78 is 5.34. The summed E-state index contributed by atoms with van der Waals surface area (Å²) in [6, 6.07) is 4.92. The highest BCUT2D eigenvalue weighted by Crippen LogP contribution is 2.36. The molecule has 0 saturated carbocycles. The van der Waals surface area contributed by atoms with Crippen LogP contribution in [-0.4, -0.2) is 45.5 Å². The van der Waals surface area contributed by atoms with Crippen molar-refractivity contribution < 1.29 is 19.2 Å². The van der Waals surface area contributed by atoms with Crippen LogP contribution in [0.4, 0.5) is 5.69 Å². The minimum absolute atomic E-state index is 0.130. The van der Waals surface area contributed by atoms with E-state index >= 15 is 0 Å².